The highest BCUT2D eigenvalue weighted by molar-refractivity contribution is 9.10. The smallest absolute Gasteiger partial charge is 0.140 e. The number of anilines is 1. The second kappa shape index (κ2) is 6.33. The van der Waals surface area contributed by atoms with E-state index in [1.165, 1.54) is 0 Å². The molecule has 15 heavy (non-hydrogen) atoms. The maximum absolute atomic E-state index is 5.68. The minimum Gasteiger partial charge on any atom is -0.369 e. The zero-order valence-corrected chi connectivity index (χ0v) is 11.4. The maximum atomic E-state index is 5.68. The van der Waals surface area contributed by atoms with E-state index in [1.807, 2.05) is 13.1 Å². The summed E-state index contributed by atoms with van der Waals surface area (Å²) < 4.78 is 1.01. The second-order valence-electron chi connectivity index (χ2n) is 3.81. The second-order valence-corrected chi connectivity index (χ2v) is 5.04. The molecule has 0 saturated carbocycles. The van der Waals surface area contributed by atoms with Crippen molar-refractivity contribution in [2.75, 3.05) is 17.7 Å². The van der Waals surface area contributed by atoms with Gasteiger partial charge in [0.2, 0.25) is 0 Å². The number of halogens is 2. The average Bonchev–Trinajstić information content (AvgIpc) is 2.17. The van der Waals surface area contributed by atoms with E-state index in [0.29, 0.717) is 11.8 Å². The summed E-state index contributed by atoms with van der Waals surface area (Å²) in [6, 6.07) is 2.06. The van der Waals surface area contributed by atoms with Crippen molar-refractivity contribution in [3.63, 3.8) is 0 Å². The molecule has 1 atom stereocenters. The molecule has 0 amide bonds. The van der Waals surface area contributed by atoms with Crippen LogP contribution in [0.4, 0.5) is 5.82 Å². The highest BCUT2D eigenvalue weighted by Gasteiger charge is 2.04. The van der Waals surface area contributed by atoms with Crippen LogP contribution < -0.4 is 5.32 Å². The van der Waals surface area contributed by atoms with Crippen molar-refractivity contribution in [3.05, 3.63) is 22.3 Å². The minimum absolute atomic E-state index is 0.567. The molecule has 0 fully saturated rings. The van der Waals surface area contributed by atoms with Crippen LogP contribution in [-0.2, 0) is 0 Å². The molecular formula is C11H16BrClN2. The molecule has 0 aliphatic heterocycles. The lowest BCUT2D eigenvalue weighted by atomic mass is 10.1. The number of nitrogens with one attached hydrogen (secondary N) is 1. The number of rotatable bonds is 5. The van der Waals surface area contributed by atoms with Gasteiger partial charge in [0.25, 0.3) is 0 Å². The van der Waals surface area contributed by atoms with Crippen molar-refractivity contribution in [2.24, 2.45) is 5.92 Å². The molecule has 1 unspecified atom stereocenters. The fraction of sp³-hybridized carbons (Fsp3) is 0.545. The van der Waals surface area contributed by atoms with Crippen LogP contribution in [0.3, 0.4) is 0 Å². The first kappa shape index (κ1) is 12.8. The van der Waals surface area contributed by atoms with Gasteiger partial charge in [0.05, 0.1) is 4.47 Å². The largest absolute Gasteiger partial charge is 0.369 e. The third-order valence-electron chi connectivity index (χ3n) is 2.20. The summed E-state index contributed by atoms with van der Waals surface area (Å²) in [4.78, 5) is 4.32. The lowest BCUT2D eigenvalue weighted by Crippen LogP contribution is -2.12. The predicted molar refractivity (Wildman–Crippen MR) is 69.7 cm³/mol. The summed E-state index contributed by atoms with van der Waals surface area (Å²) in [7, 11) is 0. The number of aryl methyl sites for hydroxylation is 1. The molecule has 0 aliphatic carbocycles. The maximum Gasteiger partial charge on any atom is 0.140 e. The van der Waals surface area contributed by atoms with E-state index in [4.69, 9.17) is 11.6 Å². The van der Waals surface area contributed by atoms with Gasteiger partial charge in [-0.1, -0.05) is 6.92 Å². The standard InChI is InChI=1S/C11H16BrClN2/c1-8(3-4-13)6-14-11-10(12)5-9(2)7-15-11/h5,7-8H,3-4,6H2,1-2H3,(H,14,15). The van der Waals surface area contributed by atoms with Gasteiger partial charge in [0.1, 0.15) is 5.82 Å². The predicted octanol–water partition coefficient (Wildman–Crippen LogP) is 3.83. The minimum atomic E-state index is 0.567. The quantitative estimate of drug-likeness (QED) is 0.834. The van der Waals surface area contributed by atoms with Gasteiger partial charge in [0, 0.05) is 18.6 Å². The lowest BCUT2D eigenvalue weighted by molar-refractivity contribution is 0.596. The lowest BCUT2D eigenvalue weighted by Gasteiger charge is -2.12. The molecule has 1 aromatic rings. The number of hydrogen-bond acceptors (Lipinski definition) is 2. The Labute approximate surface area is 105 Å². The van der Waals surface area contributed by atoms with Crippen molar-refractivity contribution in [1.82, 2.24) is 4.98 Å². The van der Waals surface area contributed by atoms with Crippen LogP contribution >= 0.6 is 27.5 Å². The van der Waals surface area contributed by atoms with E-state index in [1.54, 1.807) is 0 Å². The normalized spacial score (nSPS) is 12.5. The summed E-state index contributed by atoms with van der Waals surface area (Å²) in [6.07, 6.45) is 2.89. The van der Waals surface area contributed by atoms with E-state index < -0.39 is 0 Å². The summed E-state index contributed by atoms with van der Waals surface area (Å²) in [5.74, 6) is 2.19. The molecule has 0 aliphatic rings. The average molecular weight is 292 g/mol. The number of hydrogen-bond donors (Lipinski definition) is 1. The Morgan fingerprint density at radius 2 is 2.33 bits per heavy atom. The molecule has 1 heterocycles. The Bertz CT molecular complexity index is 317. The highest BCUT2D eigenvalue weighted by Crippen LogP contribution is 2.20. The first-order chi connectivity index (χ1) is 7.13. The van der Waals surface area contributed by atoms with Crippen molar-refractivity contribution in [3.8, 4) is 0 Å². The molecule has 0 radical (unpaired) electrons. The molecular weight excluding hydrogens is 275 g/mol. The van der Waals surface area contributed by atoms with Gasteiger partial charge in [-0.25, -0.2) is 4.98 Å². The first-order valence-electron chi connectivity index (χ1n) is 5.05. The fourth-order valence-corrected chi connectivity index (χ4v) is 2.20. The van der Waals surface area contributed by atoms with Crippen molar-refractivity contribution in [2.45, 2.75) is 20.3 Å². The molecule has 84 valence electrons. The Kier molecular flexibility index (Phi) is 5.40. The van der Waals surface area contributed by atoms with Gasteiger partial charge >= 0.3 is 0 Å². The molecule has 0 aromatic carbocycles. The third kappa shape index (κ3) is 4.39. The van der Waals surface area contributed by atoms with Gasteiger partial charge in [-0.05, 0) is 46.8 Å². The van der Waals surface area contributed by atoms with Gasteiger partial charge in [-0.3, -0.25) is 0 Å². The van der Waals surface area contributed by atoms with Gasteiger partial charge in [0.15, 0.2) is 0 Å². The van der Waals surface area contributed by atoms with Crippen molar-refractivity contribution >= 4 is 33.3 Å². The van der Waals surface area contributed by atoms with Crippen LogP contribution in [0.25, 0.3) is 0 Å². The number of aromatic nitrogens is 1. The van der Waals surface area contributed by atoms with E-state index >= 15 is 0 Å². The third-order valence-corrected chi connectivity index (χ3v) is 3.02. The van der Waals surface area contributed by atoms with Crippen LogP contribution in [0.2, 0.25) is 0 Å². The van der Waals surface area contributed by atoms with E-state index in [0.717, 1.165) is 28.8 Å². The van der Waals surface area contributed by atoms with Crippen LogP contribution in [0, 0.1) is 12.8 Å². The van der Waals surface area contributed by atoms with E-state index in [-0.39, 0.29) is 0 Å². The zero-order chi connectivity index (χ0) is 11.3. The van der Waals surface area contributed by atoms with Crippen LogP contribution in [-0.4, -0.2) is 17.4 Å². The summed E-state index contributed by atoms with van der Waals surface area (Å²) in [6.45, 7) is 5.11. The molecule has 0 saturated heterocycles. The molecule has 1 aromatic heterocycles. The Balaban J connectivity index is 2.50. The molecule has 0 bridgehead atoms. The van der Waals surface area contributed by atoms with Crippen LogP contribution in [0.15, 0.2) is 16.7 Å². The van der Waals surface area contributed by atoms with Crippen LogP contribution in [0.1, 0.15) is 18.9 Å². The Morgan fingerprint density at radius 3 is 2.93 bits per heavy atom. The van der Waals surface area contributed by atoms with Gasteiger partial charge in [-0.2, -0.15) is 0 Å². The number of pyridine rings is 1. The summed E-state index contributed by atoms with van der Waals surface area (Å²) in [5.41, 5.74) is 1.15. The molecule has 1 N–H and O–H groups in total. The topological polar surface area (TPSA) is 24.9 Å². The van der Waals surface area contributed by atoms with E-state index in [2.05, 4.69) is 39.2 Å². The number of alkyl halides is 1. The molecule has 0 spiro atoms. The van der Waals surface area contributed by atoms with Crippen molar-refractivity contribution < 1.29 is 0 Å². The summed E-state index contributed by atoms with van der Waals surface area (Å²) in [5, 5.41) is 3.31. The van der Waals surface area contributed by atoms with Crippen molar-refractivity contribution in [1.29, 1.82) is 0 Å². The van der Waals surface area contributed by atoms with Gasteiger partial charge < -0.3 is 5.32 Å². The van der Waals surface area contributed by atoms with Crippen LogP contribution in [0.5, 0.6) is 0 Å². The fourth-order valence-electron chi connectivity index (χ4n) is 1.22. The highest BCUT2D eigenvalue weighted by atomic mass is 79.9. The Morgan fingerprint density at radius 1 is 1.60 bits per heavy atom. The number of nitrogens with zero attached hydrogens (tertiary/aromatic N) is 1. The Hall–Kier alpha value is -0.280. The van der Waals surface area contributed by atoms with Gasteiger partial charge in [-0.15, -0.1) is 11.6 Å². The zero-order valence-electron chi connectivity index (χ0n) is 9.06. The monoisotopic (exact) mass is 290 g/mol. The first-order valence-corrected chi connectivity index (χ1v) is 6.38. The molecule has 2 nitrogen and oxygen atoms in total. The van der Waals surface area contributed by atoms with E-state index in [9.17, 15) is 0 Å². The molecule has 4 heteroatoms. The summed E-state index contributed by atoms with van der Waals surface area (Å²) >= 11 is 9.16. The molecule has 1 rings (SSSR count). The SMILES string of the molecule is Cc1cnc(NCC(C)CCCl)c(Br)c1.